The van der Waals surface area contributed by atoms with E-state index in [4.69, 9.17) is 5.73 Å². The number of fused-ring (bicyclic) bond motifs is 4. The van der Waals surface area contributed by atoms with Crippen molar-refractivity contribution in [3.8, 4) is 6.07 Å². The number of rotatable bonds is 3. The van der Waals surface area contributed by atoms with E-state index in [0.717, 1.165) is 61.1 Å². The Hall–Kier alpha value is -3.18. The molecule has 3 heterocycles. The van der Waals surface area contributed by atoms with Crippen molar-refractivity contribution < 1.29 is 4.79 Å². The third-order valence-corrected chi connectivity index (χ3v) is 8.80. The molecule has 2 unspecified atom stereocenters. The number of hydrogen-bond acceptors (Lipinski definition) is 7. The predicted molar refractivity (Wildman–Crippen MR) is 134 cm³/mol. The van der Waals surface area contributed by atoms with Crippen LogP contribution in [0, 0.1) is 30.1 Å². The van der Waals surface area contributed by atoms with E-state index in [1.165, 1.54) is 41.7 Å². The number of aromatic nitrogens is 2. The van der Waals surface area contributed by atoms with E-state index in [-0.39, 0.29) is 11.9 Å². The largest absolute Gasteiger partial charge is 0.396 e. The molecule has 3 aromatic rings. The number of thiophene rings is 1. The Kier molecular flexibility index (Phi) is 5.18. The summed E-state index contributed by atoms with van der Waals surface area (Å²) in [7, 11) is 0. The van der Waals surface area contributed by atoms with Crippen molar-refractivity contribution in [2.75, 3.05) is 23.7 Å². The molecule has 3 N–H and O–H groups in total. The number of nitrogens with one attached hydrogen (secondary N) is 1. The molecule has 2 fully saturated rings. The first-order chi connectivity index (χ1) is 16.5. The van der Waals surface area contributed by atoms with Gasteiger partial charge in [0.1, 0.15) is 21.3 Å². The van der Waals surface area contributed by atoms with Crippen LogP contribution in [0.1, 0.15) is 57.7 Å². The number of amides is 1. The first kappa shape index (κ1) is 21.4. The van der Waals surface area contributed by atoms with Crippen molar-refractivity contribution in [3.63, 3.8) is 0 Å². The monoisotopic (exact) mass is 472 g/mol. The van der Waals surface area contributed by atoms with Gasteiger partial charge >= 0.3 is 0 Å². The molecule has 0 radical (unpaired) electrons. The lowest BCUT2D eigenvalue weighted by Gasteiger charge is -2.35. The molecule has 1 amide bonds. The second-order valence-corrected chi connectivity index (χ2v) is 11.1. The van der Waals surface area contributed by atoms with Crippen LogP contribution in [0.3, 0.4) is 0 Å². The van der Waals surface area contributed by atoms with E-state index in [9.17, 15) is 10.1 Å². The van der Waals surface area contributed by atoms with Crippen LogP contribution in [0.4, 0.5) is 11.4 Å². The minimum absolute atomic E-state index is 0.00971. The SMILES string of the molecule is Cc1cnc2c(N)c(C(=O)N[C@H]3CCc4cc(N5CC6CCC(C6)C5)c(C#N)cc4C3)sc2n1. The van der Waals surface area contributed by atoms with Crippen LogP contribution in [0.25, 0.3) is 10.3 Å². The molecule has 2 bridgehead atoms. The van der Waals surface area contributed by atoms with Crippen LogP contribution in [-0.2, 0) is 12.8 Å². The zero-order chi connectivity index (χ0) is 23.4. The van der Waals surface area contributed by atoms with Crippen molar-refractivity contribution in [1.82, 2.24) is 15.3 Å². The van der Waals surface area contributed by atoms with Gasteiger partial charge in [0.15, 0.2) is 0 Å². The smallest absolute Gasteiger partial charge is 0.263 e. The standard InChI is InChI=1S/C26H28N6OS/c1-14-11-29-23-22(28)24(34-26(23)30-14)25(33)31-20-5-4-17-9-21(19(10-27)7-18(17)8-20)32-12-15-2-3-16(6-15)13-32/h7,9,11,15-16,20H,2-6,8,12-13,28H2,1H3,(H,31,33)/t15?,16?,20-/m0/s1. The first-order valence-corrected chi connectivity index (χ1v) is 12.9. The molecule has 174 valence electrons. The lowest BCUT2D eigenvalue weighted by molar-refractivity contribution is 0.0938. The minimum atomic E-state index is -0.172. The minimum Gasteiger partial charge on any atom is -0.396 e. The Morgan fingerprint density at radius 2 is 2.03 bits per heavy atom. The molecule has 34 heavy (non-hydrogen) atoms. The normalized spacial score (nSPS) is 23.5. The maximum absolute atomic E-state index is 13.1. The number of aryl methyl sites for hydroxylation is 2. The molecule has 2 aliphatic carbocycles. The topological polar surface area (TPSA) is 108 Å². The Labute approximate surface area is 203 Å². The van der Waals surface area contributed by atoms with Gasteiger partial charge in [-0.05, 0) is 80.5 Å². The van der Waals surface area contributed by atoms with E-state index in [2.05, 4.69) is 38.4 Å². The number of hydrogen-bond donors (Lipinski definition) is 2. The molecule has 1 saturated heterocycles. The summed E-state index contributed by atoms with van der Waals surface area (Å²) >= 11 is 1.29. The number of piperidine rings is 1. The molecular formula is C26H28N6OS. The Morgan fingerprint density at radius 3 is 2.79 bits per heavy atom. The van der Waals surface area contributed by atoms with Crippen LogP contribution in [0.2, 0.25) is 0 Å². The number of anilines is 2. The number of carbonyl (C=O) groups is 1. The Balaban J connectivity index is 1.21. The highest BCUT2D eigenvalue weighted by Crippen LogP contribution is 2.40. The lowest BCUT2D eigenvalue weighted by Crippen LogP contribution is -2.39. The number of nitrogens with two attached hydrogens (primary N) is 1. The van der Waals surface area contributed by atoms with Crippen molar-refractivity contribution in [1.29, 1.82) is 5.26 Å². The van der Waals surface area contributed by atoms with Gasteiger partial charge in [0.05, 0.1) is 22.6 Å². The van der Waals surface area contributed by atoms with Gasteiger partial charge < -0.3 is 16.0 Å². The fraction of sp³-hybridized carbons (Fsp3) is 0.462. The molecule has 0 spiro atoms. The third-order valence-electron chi connectivity index (χ3n) is 7.72. The van der Waals surface area contributed by atoms with Gasteiger partial charge in [-0.3, -0.25) is 4.79 Å². The maximum Gasteiger partial charge on any atom is 0.263 e. The van der Waals surface area contributed by atoms with Crippen LogP contribution in [0.5, 0.6) is 0 Å². The average Bonchev–Trinajstić information content (AvgIpc) is 3.35. The first-order valence-electron chi connectivity index (χ1n) is 12.1. The summed E-state index contributed by atoms with van der Waals surface area (Å²) in [6.07, 6.45) is 8.15. The highest BCUT2D eigenvalue weighted by atomic mass is 32.1. The fourth-order valence-electron chi connectivity index (χ4n) is 6.07. The number of nitriles is 1. The van der Waals surface area contributed by atoms with Gasteiger partial charge in [-0.25, -0.2) is 9.97 Å². The zero-order valence-electron chi connectivity index (χ0n) is 19.3. The summed E-state index contributed by atoms with van der Waals surface area (Å²) in [5, 5.41) is 13.1. The van der Waals surface area contributed by atoms with E-state index in [0.29, 0.717) is 20.9 Å². The molecule has 3 atom stereocenters. The molecule has 1 aliphatic heterocycles. The highest BCUT2D eigenvalue weighted by Gasteiger charge is 2.34. The van der Waals surface area contributed by atoms with Gasteiger partial charge in [0, 0.05) is 25.3 Å². The van der Waals surface area contributed by atoms with Crippen LogP contribution >= 0.6 is 11.3 Å². The summed E-state index contributed by atoms with van der Waals surface area (Å²) in [5.41, 5.74) is 12.4. The molecule has 2 aromatic heterocycles. The van der Waals surface area contributed by atoms with E-state index >= 15 is 0 Å². The number of nitrogens with zero attached hydrogens (tertiary/aromatic N) is 4. The summed E-state index contributed by atoms with van der Waals surface area (Å²) in [5.74, 6) is 1.38. The van der Waals surface area contributed by atoms with Gasteiger partial charge in [-0.1, -0.05) is 0 Å². The fourth-order valence-corrected chi connectivity index (χ4v) is 7.07. The molecule has 6 rings (SSSR count). The van der Waals surface area contributed by atoms with Crippen LogP contribution in [-0.4, -0.2) is 35.0 Å². The summed E-state index contributed by atoms with van der Waals surface area (Å²) in [6, 6.07) is 6.76. The van der Waals surface area contributed by atoms with Crippen molar-refractivity contribution >= 4 is 39.0 Å². The van der Waals surface area contributed by atoms with E-state index in [1.807, 2.05) is 6.92 Å². The zero-order valence-corrected chi connectivity index (χ0v) is 20.1. The van der Waals surface area contributed by atoms with Crippen LogP contribution < -0.4 is 16.0 Å². The van der Waals surface area contributed by atoms with Crippen molar-refractivity contribution in [2.24, 2.45) is 11.8 Å². The Morgan fingerprint density at radius 1 is 1.24 bits per heavy atom. The van der Waals surface area contributed by atoms with Crippen molar-refractivity contribution in [3.05, 3.63) is 45.6 Å². The molecule has 3 aliphatic rings. The molecule has 8 heteroatoms. The number of benzene rings is 1. The van der Waals surface area contributed by atoms with Gasteiger partial charge in [0.25, 0.3) is 5.91 Å². The van der Waals surface area contributed by atoms with Crippen molar-refractivity contribution in [2.45, 2.75) is 51.5 Å². The highest BCUT2D eigenvalue weighted by molar-refractivity contribution is 7.21. The summed E-state index contributed by atoms with van der Waals surface area (Å²) in [6.45, 7) is 4.02. The maximum atomic E-state index is 13.1. The molecule has 1 aromatic carbocycles. The molecule has 7 nitrogen and oxygen atoms in total. The third kappa shape index (κ3) is 3.68. The van der Waals surface area contributed by atoms with Gasteiger partial charge in [-0.15, -0.1) is 11.3 Å². The second-order valence-electron chi connectivity index (χ2n) is 10.1. The molecule has 1 saturated carbocycles. The lowest BCUT2D eigenvalue weighted by atomic mass is 9.86. The van der Waals surface area contributed by atoms with E-state index in [1.54, 1.807) is 6.20 Å². The van der Waals surface area contributed by atoms with Gasteiger partial charge in [-0.2, -0.15) is 5.26 Å². The number of carbonyl (C=O) groups excluding carboxylic acids is 1. The quantitative estimate of drug-likeness (QED) is 0.597. The van der Waals surface area contributed by atoms with Gasteiger partial charge in [0.2, 0.25) is 0 Å². The molecular weight excluding hydrogens is 444 g/mol. The summed E-state index contributed by atoms with van der Waals surface area (Å²) in [4.78, 5) is 25.5. The second kappa shape index (κ2) is 8.24. The number of nitrogen functional groups attached to an aromatic ring is 1. The average molecular weight is 473 g/mol. The predicted octanol–water partition coefficient (Wildman–Crippen LogP) is 3.98. The Bertz CT molecular complexity index is 1330. The van der Waals surface area contributed by atoms with E-state index < -0.39 is 0 Å². The van der Waals surface area contributed by atoms with Crippen LogP contribution in [0.15, 0.2) is 18.3 Å². The summed E-state index contributed by atoms with van der Waals surface area (Å²) < 4.78 is 0.